The van der Waals surface area contributed by atoms with Gasteiger partial charge < -0.3 is 5.11 Å². The van der Waals surface area contributed by atoms with Gasteiger partial charge in [0.25, 0.3) is 0 Å². The Morgan fingerprint density at radius 2 is 1.27 bits per heavy atom. The number of unbranched alkanes of at least 4 members (excludes halogenated alkanes) is 1. The molecule has 0 aliphatic heterocycles. The molecule has 0 heterocycles. The van der Waals surface area contributed by atoms with Crippen LogP contribution in [0.2, 0.25) is 0 Å². The quantitative estimate of drug-likeness (QED) is 0.755. The van der Waals surface area contributed by atoms with E-state index in [2.05, 4.69) is 43.3 Å². The van der Waals surface area contributed by atoms with E-state index in [0.717, 1.165) is 18.4 Å². The molecule has 1 N–H and O–H groups in total. The molecule has 0 aromatic heterocycles. The number of carbonyl (C=O) groups excluding carboxylic acids is 1. The maximum atomic E-state index is 11.2. The van der Waals surface area contributed by atoms with Crippen LogP contribution in [-0.2, 0) is 24.1 Å². The molecule has 0 bridgehead atoms. The highest BCUT2D eigenvalue weighted by molar-refractivity contribution is 5.81. The molecular formula is C20H24O2. The molecule has 0 saturated heterocycles. The van der Waals surface area contributed by atoms with E-state index in [0.29, 0.717) is 6.42 Å². The predicted molar refractivity (Wildman–Crippen MR) is 90.1 cm³/mol. The van der Waals surface area contributed by atoms with Crippen molar-refractivity contribution in [1.82, 2.24) is 0 Å². The minimum Gasteiger partial charge on any atom is -0.389 e. The van der Waals surface area contributed by atoms with Crippen LogP contribution in [0.25, 0.3) is 0 Å². The number of benzene rings is 2. The monoisotopic (exact) mass is 296 g/mol. The molecule has 2 heteroatoms. The van der Waals surface area contributed by atoms with Crippen molar-refractivity contribution in [3.05, 3.63) is 70.8 Å². The van der Waals surface area contributed by atoms with Crippen molar-refractivity contribution in [2.45, 2.75) is 39.0 Å². The molecule has 0 spiro atoms. The summed E-state index contributed by atoms with van der Waals surface area (Å²) in [7, 11) is 0. The summed E-state index contributed by atoms with van der Waals surface area (Å²) in [5.41, 5.74) is 5.00. The van der Waals surface area contributed by atoms with Crippen molar-refractivity contribution in [3.63, 3.8) is 0 Å². The topological polar surface area (TPSA) is 37.3 Å². The minimum atomic E-state index is -0.374. The van der Waals surface area contributed by atoms with Crippen molar-refractivity contribution in [2.24, 2.45) is 0 Å². The fourth-order valence-electron chi connectivity index (χ4n) is 2.52. The second kappa shape index (κ2) is 8.50. The Balaban J connectivity index is 1.72. The third kappa shape index (κ3) is 5.45. The Morgan fingerprint density at radius 1 is 0.818 bits per heavy atom. The SMILES string of the molecule is Cc1ccc(CCCCc2ccc(CC(=O)CO)cc2)cc1. The first-order chi connectivity index (χ1) is 10.7. The lowest BCUT2D eigenvalue weighted by molar-refractivity contribution is -0.121. The van der Waals surface area contributed by atoms with E-state index in [-0.39, 0.29) is 12.4 Å². The van der Waals surface area contributed by atoms with Crippen molar-refractivity contribution in [2.75, 3.05) is 6.61 Å². The van der Waals surface area contributed by atoms with E-state index >= 15 is 0 Å². The number of carbonyl (C=O) groups is 1. The molecular weight excluding hydrogens is 272 g/mol. The van der Waals surface area contributed by atoms with Gasteiger partial charge in [-0.1, -0.05) is 54.1 Å². The molecule has 2 aromatic rings. The van der Waals surface area contributed by atoms with Crippen LogP contribution in [0.15, 0.2) is 48.5 Å². The molecule has 2 rings (SSSR count). The molecule has 0 atom stereocenters. The summed E-state index contributed by atoms with van der Waals surface area (Å²) in [4.78, 5) is 11.2. The fraction of sp³-hybridized carbons (Fsp3) is 0.350. The van der Waals surface area contributed by atoms with E-state index in [1.54, 1.807) is 0 Å². The lowest BCUT2D eigenvalue weighted by Crippen LogP contribution is -2.07. The van der Waals surface area contributed by atoms with Gasteiger partial charge >= 0.3 is 0 Å². The largest absolute Gasteiger partial charge is 0.389 e. The van der Waals surface area contributed by atoms with Gasteiger partial charge in [0.15, 0.2) is 5.78 Å². The molecule has 2 aromatic carbocycles. The highest BCUT2D eigenvalue weighted by Gasteiger charge is 2.02. The zero-order valence-corrected chi connectivity index (χ0v) is 13.2. The Labute approximate surface area is 132 Å². The maximum absolute atomic E-state index is 11.2. The second-order valence-electron chi connectivity index (χ2n) is 5.88. The Bertz CT molecular complexity index is 582. The summed E-state index contributed by atoms with van der Waals surface area (Å²) in [6.45, 7) is 1.74. The molecule has 0 amide bonds. The summed E-state index contributed by atoms with van der Waals surface area (Å²) < 4.78 is 0. The van der Waals surface area contributed by atoms with Crippen LogP contribution in [0.3, 0.4) is 0 Å². The minimum absolute atomic E-state index is 0.133. The standard InChI is InChI=1S/C20H24O2/c1-16-6-8-17(9-7-16)4-2-3-5-18-10-12-19(13-11-18)14-20(22)15-21/h6-13,21H,2-5,14-15H2,1H3. The number of hydrogen-bond donors (Lipinski definition) is 1. The van der Waals surface area contributed by atoms with Crippen LogP contribution >= 0.6 is 0 Å². The van der Waals surface area contributed by atoms with Crippen LogP contribution in [0.1, 0.15) is 35.1 Å². The second-order valence-corrected chi connectivity index (χ2v) is 5.88. The third-order valence-electron chi connectivity index (χ3n) is 3.90. The van der Waals surface area contributed by atoms with E-state index in [9.17, 15) is 4.79 Å². The number of aliphatic hydroxyl groups is 1. The average molecular weight is 296 g/mol. The van der Waals surface area contributed by atoms with Crippen LogP contribution in [0.5, 0.6) is 0 Å². The molecule has 0 aliphatic carbocycles. The number of aliphatic hydroxyl groups excluding tert-OH is 1. The molecule has 0 unspecified atom stereocenters. The number of hydrogen-bond acceptors (Lipinski definition) is 2. The highest BCUT2D eigenvalue weighted by atomic mass is 16.3. The highest BCUT2D eigenvalue weighted by Crippen LogP contribution is 2.12. The van der Waals surface area contributed by atoms with E-state index in [1.807, 2.05) is 12.1 Å². The first kappa shape index (κ1) is 16.4. The normalized spacial score (nSPS) is 10.6. The Morgan fingerprint density at radius 3 is 1.77 bits per heavy atom. The van der Waals surface area contributed by atoms with Gasteiger partial charge in [0.05, 0.1) is 0 Å². The van der Waals surface area contributed by atoms with Crippen LogP contribution in [0, 0.1) is 6.92 Å². The maximum Gasteiger partial charge on any atom is 0.162 e. The van der Waals surface area contributed by atoms with Crippen molar-refractivity contribution < 1.29 is 9.90 Å². The van der Waals surface area contributed by atoms with Gasteiger partial charge in [-0.25, -0.2) is 0 Å². The van der Waals surface area contributed by atoms with Gasteiger partial charge in [0.2, 0.25) is 0 Å². The van der Waals surface area contributed by atoms with Gasteiger partial charge in [0.1, 0.15) is 6.61 Å². The van der Waals surface area contributed by atoms with Crippen molar-refractivity contribution in [1.29, 1.82) is 0 Å². The Kier molecular flexibility index (Phi) is 6.35. The van der Waals surface area contributed by atoms with Crippen molar-refractivity contribution >= 4 is 5.78 Å². The van der Waals surface area contributed by atoms with Gasteiger partial charge in [0, 0.05) is 6.42 Å². The number of rotatable bonds is 8. The summed E-state index contributed by atoms with van der Waals surface area (Å²) >= 11 is 0. The third-order valence-corrected chi connectivity index (χ3v) is 3.90. The average Bonchev–Trinajstić information content (AvgIpc) is 2.54. The predicted octanol–water partition coefficient (Wildman–Crippen LogP) is 3.66. The van der Waals surface area contributed by atoms with Crippen molar-refractivity contribution in [3.8, 4) is 0 Å². The van der Waals surface area contributed by atoms with Gasteiger partial charge in [-0.05, 0) is 49.3 Å². The van der Waals surface area contributed by atoms with Crippen LogP contribution < -0.4 is 0 Å². The lowest BCUT2D eigenvalue weighted by atomic mass is 10.0. The first-order valence-corrected chi connectivity index (χ1v) is 7.93. The smallest absolute Gasteiger partial charge is 0.162 e. The van der Waals surface area contributed by atoms with E-state index in [1.165, 1.54) is 29.5 Å². The number of aryl methyl sites for hydroxylation is 3. The molecule has 0 fully saturated rings. The summed E-state index contributed by atoms with van der Waals surface area (Å²) in [5.74, 6) is -0.133. The van der Waals surface area contributed by atoms with Gasteiger partial charge in [-0.2, -0.15) is 0 Å². The van der Waals surface area contributed by atoms with E-state index in [4.69, 9.17) is 5.11 Å². The molecule has 116 valence electrons. The Hall–Kier alpha value is -1.93. The first-order valence-electron chi connectivity index (χ1n) is 7.93. The van der Waals surface area contributed by atoms with Crippen LogP contribution in [0.4, 0.5) is 0 Å². The zero-order chi connectivity index (χ0) is 15.8. The summed E-state index contributed by atoms with van der Waals surface area (Å²) in [6.07, 6.45) is 4.88. The molecule has 0 saturated carbocycles. The molecule has 0 aliphatic rings. The number of ketones is 1. The lowest BCUT2D eigenvalue weighted by Gasteiger charge is -2.05. The van der Waals surface area contributed by atoms with Gasteiger partial charge in [-0.3, -0.25) is 4.79 Å². The molecule has 2 nitrogen and oxygen atoms in total. The molecule has 22 heavy (non-hydrogen) atoms. The molecule has 0 radical (unpaired) electrons. The fourth-order valence-corrected chi connectivity index (χ4v) is 2.52. The summed E-state index contributed by atoms with van der Waals surface area (Å²) in [6, 6.07) is 16.9. The van der Waals surface area contributed by atoms with Crippen LogP contribution in [-0.4, -0.2) is 17.5 Å². The summed E-state index contributed by atoms with van der Waals surface area (Å²) in [5, 5.41) is 8.75. The number of Topliss-reactive ketones (excluding diaryl/α,β-unsaturated/α-hetero) is 1. The zero-order valence-electron chi connectivity index (χ0n) is 13.2. The van der Waals surface area contributed by atoms with Gasteiger partial charge in [-0.15, -0.1) is 0 Å². The van der Waals surface area contributed by atoms with E-state index < -0.39 is 0 Å².